The van der Waals surface area contributed by atoms with Crippen molar-refractivity contribution in [3.05, 3.63) is 35.1 Å². The largest absolute Gasteiger partial charge is 0.393 e. The molecule has 0 amide bonds. The summed E-state index contributed by atoms with van der Waals surface area (Å²) in [5, 5.41) is 0. The number of ether oxygens (including phenoxy) is 1. The molecule has 31 heavy (non-hydrogen) atoms. The summed E-state index contributed by atoms with van der Waals surface area (Å²) < 4.78 is 57.0. The molecule has 1 saturated carbocycles. The van der Waals surface area contributed by atoms with Crippen LogP contribution >= 0.6 is 0 Å². The molecule has 2 fully saturated rings. The first-order chi connectivity index (χ1) is 14.9. The molecular weight excluding hydrogens is 420 g/mol. The fourth-order valence-corrected chi connectivity index (χ4v) is 8.73. The zero-order valence-corrected chi connectivity index (χ0v) is 19.8. The van der Waals surface area contributed by atoms with E-state index in [1.54, 1.807) is 13.2 Å². The number of rotatable bonds is 9. The van der Waals surface area contributed by atoms with Gasteiger partial charge in [0.1, 0.15) is 5.82 Å². The average molecular weight is 458 g/mol. The highest BCUT2D eigenvalue weighted by atomic mass is 28.3. The number of unbranched alkanes of at least 4 members (excludes halogenated alkanes) is 2. The highest BCUT2D eigenvalue weighted by molar-refractivity contribution is 6.58. The summed E-state index contributed by atoms with van der Waals surface area (Å²) in [6, 6.07) is 8.80. The Morgan fingerprint density at radius 3 is 2.23 bits per heavy atom. The molecule has 1 heterocycles. The quantitative estimate of drug-likeness (QED) is 0.208. The minimum absolute atomic E-state index is 0.143. The maximum Gasteiger partial charge on any atom is 0.393 e. The van der Waals surface area contributed by atoms with E-state index in [2.05, 4.69) is 0 Å². The van der Waals surface area contributed by atoms with Crippen molar-refractivity contribution >= 4 is 8.80 Å². The first-order valence-electron chi connectivity index (χ1n) is 12.0. The Hall–Kier alpha value is -0.883. The molecule has 1 aromatic rings. The van der Waals surface area contributed by atoms with Crippen LogP contribution in [-0.4, -0.2) is 28.7 Å². The van der Waals surface area contributed by atoms with Crippen LogP contribution in [0.5, 0.6) is 0 Å². The molecule has 1 radical (unpaired) electrons. The molecule has 0 atom stereocenters. The second-order valence-electron chi connectivity index (χ2n) is 9.65. The Morgan fingerprint density at radius 2 is 1.61 bits per heavy atom. The molecule has 1 saturated heterocycles. The second-order valence-corrected chi connectivity index (χ2v) is 12.6. The predicted molar refractivity (Wildman–Crippen MR) is 119 cm³/mol. The normalized spacial score (nSPS) is 23.9. The Morgan fingerprint density at radius 1 is 0.935 bits per heavy atom. The Bertz CT molecular complexity index is 662. The molecule has 1 aliphatic carbocycles. The zero-order valence-electron chi connectivity index (χ0n) is 18.8. The van der Waals surface area contributed by atoms with Gasteiger partial charge in [-0.3, -0.25) is 0 Å². The van der Waals surface area contributed by atoms with E-state index < -0.39 is 18.4 Å². The lowest BCUT2D eigenvalue weighted by Crippen LogP contribution is -2.28. The highest BCUT2D eigenvalue weighted by Gasteiger charge is 2.32. The van der Waals surface area contributed by atoms with Crippen LogP contribution in [0.25, 0.3) is 0 Å². The molecule has 6 heteroatoms. The Kier molecular flexibility index (Phi) is 9.44. The van der Waals surface area contributed by atoms with Crippen molar-refractivity contribution in [2.24, 2.45) is 11.8 Å². The third kappa shape index (κ3) is 7.88. The van der Waals surface area contributed by atoms with Crippen LogP contribution in [-0.2, 0) is 11.2 Å². The van der Waals surface area contributed by atoms with E-state index in [0.717, 1.165) is 36.8 Å². The Labute approximate surface area is 186 Å². The molecule has 0 N–H and O–H groups in total. The van der Waals surface area contributed by atoms with E-state index in [0.29, 0.717) is 5.92 Å². The molecule has 1 aliphatic heterocycles. The molecular formula is C25H37F4OSi. The van der Waals surface area contributed by atoms with E-state index in [9.17, 15) is 17.6 Å². The van der Waals surface area contributed by atoms with Crippen LogP contribution in [0.4, 0.5) is 17.6 Å². The summed E-state index contributed by atoms with van der Waals surface area (Å²) >= 11 is 0. The fourth-order valence-electron chi connectivity index (χ4n) is 5.67. The van der Waals surface area contributed by atoms with Gasteiger partial charge in [0.15, 0.2) is 0 Å². The van der Waals surface area contributed by atoms with Crippen molar-refractivity contribution in [3.8, 4) is 0 Å². The molecule has 175 valence electrons. The van der Waals surface area contributed by atoms with Crippen molar-refractivity contribution < 1.29 is 22.3 Å². The minimum Gasteiger partial charge on any atom is -0.385 e. The lowest BCUT2D eigenvalue weighted by atomic mass is 9.72. The van der Waals surface area contributed by atoms with Gasteiger partial charge < -0.3 is 4.74 Å². The fraction of sp³-hybridized carbons (Fsp3) is 0.760. The minimum atomic E-state index is -4.37. The third-order valence-electron chi connectivity index (χ3n) is 7.49. The van der Waals surface area contributed by atoms with Crippen LogP contribution in [0.15, 0.2) is 18.2 Å². The lowest BCUT2D eigenvalue weighted by molar-refractivity contribution is -0.127. The summed E-state index contributed by atoms with van der Waals surface area (Å²) in [4.78, 5) is 0. The van der Waals surface area contributed by atoms with Crippen LogP contribution in [0.2, 0.25) is 18.1 Å². The van der Waals surface area contributed by atoms with E-state index in [-0.39, 0.29) is 14.4 Å². The van der Waals surface area contributed by atoms with Crippen molar-refractivity contribution in [2.45, 2.75) is 94.4 Å². The number of hydrogen-bond acceptors (Lipinski definition) is 1. The van der Waals surface area contributed by atoms with Gasteiger partial charge in [0, 0.05) is 22.5 Å². The van der Waals surface area contributed by atoms with Crippen LogP contribution in [0.3, 0.4) is 0 Å². The number of methoxy groups -OCH3 is 1. The maximum atomic E-state index is 14.2. The molecule has 3 rings (SSSR count). The molecule has 1 nitrogen and oxygen atoms in total. The van der Waals surface area contributed by atoms with Gasteiger partial charge in [-0.1, -0.05) is 55.9 Å². The maximum absolute atomic E-state index is 14.2. The van der Waals surface area contributed by atoms with Gasteiger partial charge in [-0.15, -0.1) is 0 Å². The van der Waals surface area contributed by atoms with Gasteiger partial charge in [0.05, 0.1) is 6.42 Å². The SMILES string of the molecule is COCCCCC[Si]1CCC(C2CCC(c3ccc(CC(F)(F)F)c(F)c3)CC2)CC1. The van der Waals surface area contributed by atoms with Crippen molar-refractivity contribution in [2.75, 3.05) is 13.7 Å². The van der Waals surface area contributed by atoms with Gasteiger partial charge in [0.25, 0.3) is 0 Å². The summed E-state index contributed by atoms with van der Waals surface area (Å²) in [6.07, 6.45) is 5.51. The number of hydrogen-bond donors (Lipinski definition) is 0. The smallest absolute Gasteiger partial charge is 0.385 e. The second kappa shape index (κ2) is 11.8. The third-order valence-corrected chi connectivity index (χ3v) is 10.5. The molecule has 0 spiro atoms. The summed E-state index contributed by atoms with van der Waals surface area (Å²) in [5.41, 5.74) is 0.632. The molecule has 2 aliphatic rings. The van der Waals surface area contributed by atoms with E-state index in [1.165, 1.54) is 75.2 Å². The average Bonchev–Trinajstić information content (AvgIpc) is 2.75. The predicted octanol–water partition coefficient (Wildman–Crippen LogP) is 7.93. The standard InChI is InChI=1S/C25H37F4OSi/c1-30-13-3-2-4-14-31-15-11-21(12-16-31)19-5-7-20(8-6-19)22-9-10-23(24(26)17-22)18-25(27,28)29/h9-10,17,19-21H,2-8,11-16,18H2,1H3. The lowest BCUT2D eigenvalue weighted by Gasteiger charge is -2.37. The number of halogens is 4. The molecule has 0 bridgehead atoms. The Balaban J connectivity index is 1.40. The molecule has 0 aromatic heterocycles. The number of benzene rings is 1. The van der Waals surface area contributed by atoms with Gasteiger partial charge in [-0.05, 0) is 67.1 Å². The summed E-state index contributed by atoms with van der Waals surface area (Å²) in [6.45, 7) is 0.886. The zero-order chi connectivity index (χ0) is 22.3. The van der Waals surface area contributed by atoms with E-state index in [1.807, 2.05) is 0 Å². The van der Waals surface area contributed by atoms with E-state index >= 15 is 0 Å². The topological polar surface area (TPSA) is 9.23 Å². The van der Waals surface area contributed by atoms with Gasteiger partial charge in [-0.25, -0.2) is 4.39 Å². The van der Waals surface area contributed by atoms with Crippen LogP contribution in [0.1, 0.15) is 74.8 Å². The van der Waals surface area contributed by atoms with Gasteiger partial charge in [0.2, 0.25) is 0 Å². The van der Waals surface area contributed by atoms with Crippen molar-refractivity contribution in [1.82, 2.24) is 0 Å². The first kappa shape index (κ1) is 24.8. The summed E-state index contributed by atoms with van der Waals surface area (Å²) in [7, 11) is 1.63. The highest BCUT2D eigenvalue weighted by Crippen LogP contribution is 2.44. The molecule has 1 aromatic carbocycles. The molecule has 0 unspecified atom stereocenters. The van der Waals surface area contributed by atoms with Crippen LogP contribution in [0, 0.1) is 17.7 Å². The van der Waals surface area contributed by atoms with Crippen molar-refractivity contribution in [1.29, 1.82) is 0 Å². The summed E-state index contributed by atoms with van der Waals surface area (Å²) in [5.74, 6) is 1.23. The first-order valence-corrected chi connectivity index (χ1v) is 14.2. The van der Waals surface area contributed by atoms with Crippen LogP contribution < -0.4 is 0 Å². The van der Waals surface area contributed by atoms with Gasteiger partial charge >= 0.3 is 6.18 Å². The number of alkyl halides is 3. The van der Waals surface area contributed by atoms with E-state index in [4.69, 9.17) is 4.74 Å². The monoisotopic (exact) mass is 457 g/mol. The van der Waals surface area contributed by atoms with Gasteiger partial charge in [-0.2, -0.15) is 13.2 Å². The van der Waals surface area contributed by atoms with Crippen molar-refractivity contribution in [3.63, 3.8) is 0 Å².